The van der Waals surface area contributed by atoms with Gasteiger partial charge in [0.15, 0.2) is 5.11 Å². The highest BCUT2D eigenvalue weighted by Crippen LogP contribution is 2.26. The Hall–Kier alpha value is -1.91. The summed E-state index contributed by atoms with van der Waals surface area (Å²) in [5.41, 5.74) is 6.99. The number of terminal acetylenes is 1. The number of thioether (sulfide) groups is 1. The number of thiocarbonyl (C=S) groups is 1. The Balaban J connectivity index is 2.67. The van der Waals surface area contributed by atoms with Crippen molar-refractivity contribution in [2.75, 3.05) is 23.9 Å². The molecular formula is C12H13N3O2S2. The van der Waals surface area contributed by atoms with Crippen LogP contribution >= 0.6 is 24.0 Å². The molecule has 5 nitrogen and oxygen atoms in total. The highest BCUT2D eigenvalue weighted by molar-refractivity contribution is 7.99. The van der Waals surface area contributed by atoms with Gasteiger partial charge in [-0.15, -0.1) is 18.2 Å². The van der Waals surface area contributed by atoms with Gasteiger partial charge in [0, 0.05) is 4.90 Å². The van der Waals surface area contributed by atoms with Crippen LogP contribution in [-0.4, -0.2) is 24.1 Å². The van der Waals surface area contributed by atoms with Crippen LogP contribution in [0.4, 0.5) is 16.2 Å². The highest BCUT2D eigenvalue weighted by Gasteiger charge is 2.06. The van der Waals surface area contributed by atoms with Crippen molar-refractivity contribution in [3.8, 4) is 12.3 Å². The van der Waals surface area contributed by atoms with Gasteiger partial charge in [-0.05, 0) is 30.4 Å². The van der Waals surface area contributed by atoms with E-state index in [1.165, 1.54) is 18.9 Å². The molecule has 19 heavy (non-hydrogen) atoms. The van der Waals surface area contributed by atoms with Gasteiger partial charge in [-0.25, -0.2) is 4.79 Å². The maximum Gasteiger partial charge on any atom is 0.413 e. The molecule has 0 aliphatic rings. The summed E-state index contributed by atoms with van der Waals surface area (Å²) >= 11 is 6.44. The standard InChI is InChI=1S/C12H13N3O2S2/c1-3-6-19-8-4-5-10(9(13)7-8)14-11(18)15-12(16)17-2/h1,4-5,7H,6,13H2,2H3,(H2,14,15,16,18). The normalized spacial score (nSPS) is 9.26. The van der Waals surface area contributed by atoms with Crippen molar-refractivity contribution in [2.24, 2.45) is 0 Å². The monoisotopic (exact) mass is 295 g/mol. The number of hydrogen-bond donors (Lipinski definition) is 3. The zero-order chi connectivity index (χ0) is 14.3. The van der Waals surface area contributed by atoms with Crippen LogP contribution in [0.3, 0.4) is 0 Å². The first-order valence-electron chi connectivity index (χ1n) is 5.18. The number of nitrogens with one attached hydrogen (secondary N) is 2. The molecule has 100 valence electrons. The number of carbonyl (C=O) groups is 1. The molecule has 0 heterocycles. The lowest BCUT2D eigenvalue weighted by molar-refractivity contribution is 0.177. The number of amides is 1. The maximum atomic E-state index is 11.0. The second kappa shape index (κ2) is 7.51. The molecule has 1 rings (SSSR count). The van der Waals surface area contributed by atoms with E-state index >= 15 is 0 Å². The Morgan fingerprint density at radius 1 is 1.63 bits per heavy atom. The summed E-state index contributed by atoms with van der Waals surface area (Å²) in [5.74, 6) is 3.11. The third kappa shape index (κ3) is 5.07. The predicted molar refractivity (Wildman–Crippen MR) is 82.2 cm³/mol. The van der Waals surface area contributed by atoms with Gasteiger partial charge in [0.05, 0.1) is 24.2 Å². The van der Waals surface area contributed by atoms with Crippen molar-refractivity contribution in [1.29, 1.82) is 0 Å². The maximum absolute atomic E-state index is 11.0. The van der Waals surface area contributed by atoms with Gasteiger partial charge < -0.3 is 15.8 Å². The predicted octanol–water partition coefficient (Wildman–Crippen LogP) is 2.05. The second-order valence-corrected chi connectivity index (χ2v) is 4.77. The summed E-state index contributed by atoms with van der Waals surface area (Å²) in [7, 11) is 1.25. The van der Waals surface area contributed by atoms with E-state index in [-0.39, 0.29) is 5.11 Å². The molecule has 0 saturated carbocycles. The Morgan fingerprint density at radius 2 is 2.37 bits per heavy atom. The fraction of sp³-hybridized carbons (Fsp3) is 0.167. The molecule has 0 aromatic heterocycles. The Bertz CT molecular complexity index is 526. The number of anilines is 2. The fourth-order valence-corrected chi connectivity index (χ4v) is 1.98. The molecule has 0 aliphatic heterocycles. The molecule has 0 spiro atoms. The number of hydrogen-bond acceptors (Lipinski definition) is 5. The van der Waals surface area contributed by atoms with Crippen LogP contribution in [0.15, 0.2) is 23.1 Å². The number of ether oxygens (including phenoxy) is 1. The van der Waals surface area contributed by atoms with Gasteiger partial charge in [-0.2, -0.15) is 0 Å². The molecule has 1 amide bonds. The van der Waals surface area contributed by atoms with Crippen molar-refractivity contribution in [2.45, 2.75) is 4.90 Å². The molecule has 0 fully saturated rings. The first-order chi connectivity index (χ1) is 9.06. The minimum absolute atomic E-state index is 0.113. The van der Waals surface area contributed by atoms with Crippen LogP contribution in [-0.2, 0) is 4.74 Å². The number of alkyl carbamates (subject to hydrolysis) is 1. The lowest BCUT2D eigenvalue weighted by Gasteiger charge is -2.11. The molecule has 0 bridgehead atoms. The van der Waals surface area contributed by atoms with E-state index in [1.54, 1.807) is 12.1 Å². The number of methoxy groups -OCH3 is 1. The molecule has 4 N–H and O–H groups in total. The summed E-state index contributed by atoms with van der Waals surface area (Å²) in [4.78, 5) is 11.9. The SMILES string of the molecule is C#CCSc1ccc(NC(=S)NC(=O)OC)c(N)c1. The van der Waals surface area contributed by atoms with Crippen LogP contribution in [0.1, 0.15) is 0 Å². The third-order valence-electron chi connectivity index (χ3n) is 1.99. The zero-order valence-corrected chi connectivity index (χ0v) is 11.9. The van der Waals surface area contributed by atoms with E-state index < -0.39 is 6.09 Å². The number of carbonyl (C=O) groups excluding carboxylic acids is 1. The molecule has 0 saturated heterocycles. The van der Waals surface area contributed by atoms with Crippen LogP contribution < -0.4 is 16.4 Å². The van der Waals surface area contributed by atoms with Gasteiger partial charge in [0.1, 0.15) is 0 Å². The molecule has 7 heteroatoms. The fourth-order valence-electron chi connectivity index (χ4n) is 1.17. The van der Waals surface area contributed by atoms with Crippen molar-refractivity contribution >= 4 is 46.6 Å². The highest BCUT2D eigenvalue weighted by atomic mass is 32.2. The second-order valence-electron chi connectivity index (χ2n) is 3.31. The number of nitrogen functional groups attached to an aromatic ring is 1. The van der Waals surface area contributed by atoms with Gasteiger partial charge in [-0.3, -0.25) is 5.32 Å². The van der Waals surface area contributed by atoms with Crippen LogP contribution in [0.2, 0.25) is 0 Å². The summed E-state index contributed by atoms with van der Waals surface area (Å²) in [5, 5.41) is 5.24. The lowest BCUT2D eigenvalue weighted by atomic mass is 10.3. The largest absolute Gasteiger partial charge is 0.453 e. The molecule has 1 aromatic rings. The number of nitrogens with two attached hydrogens (primary N) is 1. The van der Waals surface area contributed by atoms with Crippen LogP contribution in [0.5, 0.6) is 0 Å². The van der Waals surface area contributed by atoms with E-state index in [2.05, 4.69) is 21.3 Å². The molecule has 0 aliphatic carbocycles. The molecule has 0 radical (unpaired) electrons. The van der Waals surface area contributed by atoms with Gasteiger partial charge >= 0.3 is 6.09 Å². The van der Waals surface area contributed by atoms with E-state index in [0.717, 1.165) is 4.90 Å². The zero-order valence-electron chi connectivity index (χ0n) is 10.2. The van der Waals surface area contributed by atoms with Crippen molar-refractivity contribution in [3.63, 3.8) is 0 Å². The quantitative estimate of drug-likeness (QED) is 0.343. The van der Waals surface area contributed by atoms with E-state index in [1.807, 2.05) is 6.07 Å². The summed E-state index contributed by atoms with van der Waals surface area (Å²) in [6.07, 6.45) is 4.54. The van der Waals surface area contributed by atoms with Crippen LogP contribution in [0, 0.1) is 12.3 Å². The van der Waals surface area contributed by atoms with Crippen molar-refractivity contribution < 1.29 is 9.53 Å². The molecular weight excluding hydrogens is 282 g/mol. The Kier molecular flexibility index (Phi) is 5.99. The van der Waals surface area contributed by atoms with Crippen molar-refractivity contribution in [3.05, 3.63) is 18.2 Å². The Labute approximate surface area is 121 Å². The lowest BCUT2D eigenvalue weighted by Crippen LogP contribution is -2.34. The minimum atomic E-state index is -0.641. The van der Waals surface area contributed by atoms with E-state index in [0.29, 0.717) is 17.1 Å². The first kappa shape index (κ1) is 15.1. The average Bonchev–Trinajstić information content (AvgIpc) is 2.39. The summed E-state index contributed by atoms with van der Waals surface area (Å²) in [6.45, 7) is 0. The van der Waals surface area contributed by atoms with Crippen molar-refractivity contribution in [1.82, 2.24) is 5.32 Å². The smallest absolute Gasteiger partial charge is 0.413 e. The average molecular weight is 295 g/mol. The van der Waals surface area contributed by atoms with E-state index in [4.69, 9.17) is 24.4 Å². The van der Waals surface area contributed by atoms with E-state index in [9.17, 15) is 4.79 Å². The summed E-state index contributed by atoms with van der Waals surface area (Å²) in [6, 6.07) is 5.41. The molecule has 0 unspecified atom stereocenters. The first-order valence-corrected chi connectivity index (χ1v) is 6.58. The molecule has 0 atom stereocenters. The summed E-state index contributed by atoms with van der Waals surface area (Å²) < 4.78 is 4.42. The number of benzene rings is 1. The third-order valence-corrected chi connectivity index (χ3v) is 3.10. The van der Waals surface area contributed by atoms with Gasteiger partial charge in [0.25, 0.3) is 0 Å². The number of rotatable bonds is 3. The minimum Gasteiger partial charge on any atom is -0.453 e. The van der Waals surface area contributed by atoms with Crippen LogP contribution in [0.25, 0.3) is 0 Å². The molecule has 1 aromatic carbocycles. The topological polar surface area (TPSA) is 76.4 Å². The van der Waals surface area contributed by atoms with Gasteiger partial charge in [-0.1, -0.05) is 5.92 Å². The Morgan fingerprint density at radius 3 is 2.95 bits per heavy atom. The van der Waals surface area contributed by atoms with Gasteiger partial charge in [0.2, 0.25) is 0 Å².